The molecule has 0 aromatic carbocycles. The Kier molecular flexibility index (Phi) is 6.44. The number of hydrogen-bond donors (Lipinski definition) is 2. The first-order valence-electron chi connectivity index (χ1n) is 2.12. The van der Waals surface area contributed by atoms with E-state index in [-0.39, 0.29) is 6.15 Å². The van der Waals surface area contributed by atoms with E-state index in [0.717, 1.165) is 0 Å². The summed E-state index contributed by atoms with van der Waals surface area (Å²) in [6, 6.07) is 0. The van der Waals surface area contributed by atoms with Crippen LogP contribution in [0.15, 0.2) is 12.2 Å². The standard InChI is InChI=1S/C5H8O3.H3N/c1-4(2)5(7)8-3-6;/h6H,1,3H2,2H3;1H3. The molecule has 4 heteroatoms. The molecule has 0 fully saturated rings. The van der Waals surface area contributed by atoms with Gasteiger partial charge in [0.1, 0.15) is 0 Å². The van der Waals surface area contributed by atoms with E-state index in [2.05, 4.69) is 11.3 Å². The largest absolute Gasteiger partial charge is 0.435 e. The third-order valence-electron chi connectivity index (χ3n) is 0.544. The molecule has 0 bridgehead atoms. The van der Waals surface area contributed by atoms with Crippen molar-refractivity contribution >= 4 is 5.97 Å². The Bertz CT molecular complexity index is 111. The van der Waals surface area contributed by atoms with Crippen molar-refractivity contribution in [1.29, 1.82) is 0 Å². The zero-order chi connectivity index (χ0) is 6.57. The number of carbonyl (C=O) groups is 1. The lowest BCUT2D eigenvalue weighted by Crippen LogP contribution is -2.04. The van der Waals surface area contributed by atoms with Gasteiger partial charge in [0.2, 0.25) is 0 Å². The topological polar surface area (TPSA) is 81.5 Å². The highest BCUT2D eigenvalue weighted by Crippen LogP contribution is 1.88. The Morgan fingerprint density at radius 1 is 1.78 bits per heavy atom. The minimum absolute atomic E-state index is 0. The van der Waals surface area contributed by atoms with Gasteiger partial charge in [-0.15, -0.1) is 0 Å². The third-order valence-corrected chi connectivity index (χ3v) is 0.544. The van der Waals surface area contributed by atoms with Crippen LogP contribution < -0.4 is 6.15 Å². The number of hydrogen-bond acceptors (Lipinski definition) is 4. The molecular formula is C5H11NO3. The molecule has 0 amide bonds. The molecule has 0 rings (SSSR count). The summed E-state index contributed by atoms with van der Waals surface area (Å²) in [6.07, 6.45) is 0. The van der Waals surface area contributed by atoms with E-state index in [4.69, 9.17) is 5.11 Å². The molecule has 0 spiro atoms. The quantitative estimate of drug-likeness (QED) is 0.320. The average Bonchev–Trinajstić information content (AvgIpc) is 1.67. The second-order valence-corrected chi connectivity index (χ2v) is 1.34. The van der Waals surface area contributed by atoms with E-state index in [1.807, 2.05) is 0 Å². The third kappa shape index (κ3) is 4.99. The van der Waals surface area contributed by atoms with Crippen molar-refractivity contribution in [2.75, 3.05) is 6.79 Å². The normalized spacial score (nSPS) is 7.33. The van der Waals surface area contributed by atoms with E-state index in [1.165, 1.54) is 6.92 Å². The van der Waals surface area contributed by atoms with Crippen LogP contribution in [0.25, 0.3) is 0 Å². The van der Waals surface area contributed by atoms with Gasteiger partial charge in [-0.25, -0.2) is 4.79 Å². The van der Waals surface area contributed by atoms with Gasteiger partial charge in [0.15, 0.2) is 6.79 Å². The molecule has 9 heavy (non-hydrogen) atoms. The molecule has 0 heterocycles. The smallest absolute Gasteiger partial charge is 0.335 e. The maximum atomic E-state index is 10.3. The zero-order valence-corrected chi connectivity index (χ0v) is 5.39. The summed E-state index contributed by atoms with van der Waals surface area (Å²) in [5.41, 5.74) is 0.291. The minimum Gasteiger partial charge on any atom is -0.435 e. The molecule has 54 valence electrons. The first-order valence-corrected chi connectivity index (χ1v) is 2.12. The molecule has 4 nitrogen and oxygen atoms in total. The monoisotopic (exact) mass is 133 g/mol. The van der Waals surface area contributed by atoms with E-state index in [9.17, 15) is 4.79 Å². The maximum Gasteiger partial charge on any atom is 0.335 e. The lowest BCUT2D eigenvalue weighted by molar-refractivity contribution is -0.146. The highest BCUT2D eigenvalue weighted by molar-refractivity contribution is 5.86. The second kappa shape index (κ2) is 5.27. The lowest BCUT2D eigenvalue weighted by atomic mass is 10.4. The first kappa shape index (κ1) is 11.0. The number of aliphatic hydroxyl groups is 1. The van der Waals surface area contributed by atoms with Crippen LogP contribution >= 0.6 is 0 Å². The van der Waals surface area contributed by atoms with Gasteiger partial charge in [-0.3, -0.25) is 0 Å². The Hall–Kier alpha value is -0.870. The Labute approximate surface area is 53.7 Å². The van der Waals surface area contributed by atoms with Crippen LogP contribution in [-0.2, 0) is 9.53 Å². The SMILES string of the molecule is C=C(C)C(=O)OCO.N. The number of esters is 1. The number of aliphatic hydroxyl groups excluding tert-OH is 1. The summed E-state index contributed by atoms with van der Waals surface area (Å²) in [4.78, 5) is 10.3. The van der Waals surface area contributed by atoms with Crippen LogP contribution in [0.3, 0.4) is 0 Å². The molecule has 0 aliphatic rings. The molecule has 0 radical (unpaired) electrons. The fourth-order valence-electron chi connectivity index (χ4n) is 0.182. The predicted molar refractivity (Wildman–Crippen MR) is 33.0 cm³/mol. The van der Waals surface area contributed by atoms with Crippen molar-refractivity contribution < 1.29 is 14.6 Å². The van der Waals surface area contributed by atoms with Gasteiger partial charge in [-0.1, -0.05) is 6.58 Å². The zero-order valence-electron chi connectivity index (χ0n) is 5.39. The van der Waals surface area contributed by atoms with Crippen LogP contribution in [0, 0.1) is 0 Å². The summed E-state index contributed by atoms with van der Waals surface area (Å²) in [6.45, 7) is 4.22. The molecule has 0 aromatic rings. The van der Waals surface area contributed by atoms with Crippen LogP contribution in [0.5, 0.6) is 0 Å². The number of carbonyl (C=O) groups excluding carboxylic acids is 1. The molecule has 0 atom stereocenters. The van der Waals surface area contributed by atoms with Crippen molar-refractivity contribution in [3.63, 3.8) is 0 Å². The predicted octanol–water partition coefficient (Wildman–Crippen LogP) is 0.217. The van der Waals surface area contributed by atoms with Gasteiger partial charge >= 0.3 is 5.97 Å². The molecule has 0 aromatic heterocycles. The van der Waals surface area contributed by atoms with Gasteiger partial charge in [-0.05, 0) is 6.92 Å². The van der Waals surface area contributed by atoms with Crippen LogP contribution in [0.4, 0.5) is 0 Å². The summed E-state index contributed by atoms with van der Waals surface area (Å²) < 4.78 is 4.12. The fraction of sp³-hybridized carbons (Fsp3) is 0.400. The fourth-order valence-corrected chi connectivity index (χ4v) is 0.182. The molecule has 0 saturated carbocycles. The Balaban J connectivity index is 0. The van der Waals surface area contributed by atoms with Crippen LogP contribution in [0.1, 0.15) is 6.92 Å². The van der Waals surface area contributed by atoms with Gasteiger partial charge in [0.25, 0.3) is 0 Å². The van der Waals surface area contributed by atoms with Crippen LogP contribution in [0.2, 0.25) is 0 Å². The minimum atomic E-state index is -0.578. The van der Waals surface area contributed by atoms with Crippen molar-refractivity contribution in [1.82, 2.24) is 6.15 Å². The molecule has 4 N–H and O–H groups in total. The highest BCUT2D eigenvalue weighted by Gasteiger charge is 1.98. The van der Waals surface area contributed by atoms with Crippen molar-refractivity contribution in [3.8, 4) is 0 Å². The molecule has 0 aliphatic heterocycles. The average molecular weight is 133 g/mol. The summed E-state index contributed by atoms with van der Waals surface area (Å²) in [7, 11) is 0. The van der Waals surface area contributed by atoms with E-state index in [0.29, 0.717) is 5.57 Å². The van der Waals surface area contributed by atoms with Gasteiger partial charge < -0.3 is 16.0 Å². The molecule has 0 unspecified atom stereocenters. The van der Waals surface area contributed by atoms with E-state index in [1.54, 1.807) is 0 Å². The summed E-state index contributed by atoms with van der Waals surface area (Å²) in [5.74, 6) is -0.562. The van der Waals surface area contributed by atoms with Crippen molar-refractivity contribution in [3.05, 3.63) is 12.2 Å². The number of ether oxygens (including phenoxy) is 1. The maximum absolute atomic E-state index is 10.3. The highest BCUT2D eigenvalue weighted by atomic mass is 16.6. The Morgan fingerprint density at radius 3 is 2.33 bits per heavy atom. The van der Waals surface area contributed by atoms with Gasteiger partial charge in [-0.2, -0.15) is 0 Å². The Morgan fingerprint density at radius 2 is 2.22 bits per heavy atom. The lowest BCUT2D eigenvalue weighted by Gasteiger charge is -1.95. The summed E-state index contributed by atoms with van der Waals surface area (Å²) >= 11 is 0. The van der Waals surface area contributed by atoms with Crippen LogP contribution in [-0.4, -0.2) is 17.9 Å². The van der Waals surface area contributed by atoms with Crippen molar-refractivity contribution in [2.24, 2.45) is 0 Å². The number of rotatable bonds is 2. The summed E-state index contributed by atoms with van der Waals surface area (Å²) in [5, 5.41) is 8.00. The molecular weight excluding hydrogens is 122 g/mol. The second-order valence-electron chi connectivity index (χ2n) is 1.34. The molecule has 0 saturated heterocycles. The van der Waals surface area contributed by atoms with E-state index < -0.39 is 12.8 Å². The van der Waals surface area contributed by atoms with Crippen molar-refractivity contribution in [2.45, 2.75) is 6.92 Å². The van der Waals surface area contributed by atoms with Gasteiger partial charge in [0.05, 0.1) is 0 Å². The van der Waals surface area contributed by atoms with Gasteiger partial charge in [0, 0.05) is 5.57 Å². The molecule has 0 aliphatic carbocycles. The first-order chi connectivity index (χ1) is 3.68. The van der Waals surface area contributed by atoms with E-state index >= 15 is 0 Å².